The van der Waals surface area contributed by atoms with E-state index in [2.05, 4.69) is 0 Å². The van der Waals surface area contributed by atoms with Gasteiger partial charge in [0.05, 0.1) is 5.56 Å². The summed E-state index contributed by atoms with van der Waals surface area (Å²) in [7, 11) is 0. The zero-order valence-electron chi connectivity index (χ0n) is 19.7. The number of halogens is 16. The number of carbonyl (C=O) groups is 2. The number of hydrogen-bond acceptors (Lipinski definition) is 3. The standard InChI is InChI=1S/C20H16F16N2O2S/c21-12(22)14(23,24)16(27,28)18(31,32)20(35,36)19(33,34)17(29,30)15(25,26)13(40)38-11-9(10(37)39)7-5-3-1-2-4-6-8(7)41-11/h12H,1-6H2,(H2,37,39)(H,38,40). The van der Waals surface area contributed by atoms with Gasteiger partial charge in [-0.05, 0) is 31.2 Å². The van der Waals surface area contributed by atoms with E-state index in [1.807, 2.05) is 0 Å². The number of nitrogens with one attached hydrogen (secondary N) is 1. The number of primary amides is 1. The number of aryl methyl sites for hydroxylation is 1. The van der Waals surface area contributed by atoms with Crippen molar-refractivity contribution in [2.24, 2.45) is 5.73 Å². The molecule has 0 atom stereocenters. The van der Waals surface area contributed by atoms with Crippen LogP contribution >= 0.6 is 11.3 Å². The van der Waals surface area contributed by atoms with Crippen LogP contribution in [0, 0.1) is 0 Å². The Morgan fingerprint density at radius 1 is 0.683 bits per heavy atom. The number of fused-ring (bicyclic) bond motifs is 1. The molecule has 1 aliphatic rings. The molecule has 0 radical (unpaired) electrons. The number of hydrogen-bond donors (Lipinski definition) is 2. The summed E-state index contributed by atoms with van der Waals surface area (Å²) in [6, 6.07) is 0. The third kappa shape index (κ3) is 5.08. The topological polar surface area (TPSA) is 72.2 Å². The molecular formula is C20H16F16N2O2S. The summed E-state index contributed by atoms with van der Waals surface area (Å²) in [5.41, 5.74) is 4.40. The molecule has 0 saturated carbocycles. The van der Waals surface area contributed by atoms with Crippen molar-refractivity contribution in [2.45, 2.75) is 86.4 Å². The lowest BCUT2D eigenvalue weighted by atomic mass is 9.89. The molecule has 0 bridgehead atoms. The summed E-state index contributed by atoms with van der Waals surface area (Å²) in [6.07, 6.45) is -3.77. The molecule has 236 valence electrons. The maximum absolute atomic E-state index is 14.3. The first-order valence-corrected chi connectivity index (χ1v) is 11.7. The summed E-state index contributed by atoms with van der Waals surface area (Å²) in [5, 5.41) is -0.178. The van der Waals surface area contributed by atoms with Gasteiger partial charge in [0, 0.05) is 4.88 Å². The molecule has 1 aromatic heterocycles. The van der Waals surface area contributed by atoms with Crippen molar-refractivity contribution >= 4 is 28.2 Å². The molecule has 1 aromatic rings. The molecule has 1 aliphatic carbocycles. The molecule has 2 rings (SSSR count). The van der Waals surface area contributed by atoms with Gasteiger partial charge in [-0.2, -0.15) is 61.5 Å². The van der Waals surface area contributed by atoms with Gasteiger partial charge < -0.3 is 11.1 Å². The van der Waals surface area contributed by atoms with Gasteiger partial charge in [0.1, 0.15) is 5.00 Å². The molecule has 21 heteroatoms. The minimum atomic E-state index is -8.62. The molecule has 0 aromatic carbocycles. The Balaban J connectivity index is 2.56. The van der Waals surface area contributed by atoms with Gasteiger partial charge in [-0.25, -0.2) is 8.78 Å². The first kappa shape index (κ1) is 34.7. The zero-order valence-corrected chi connectivity index (χ0v) is 20.5. The van der Waals surface area contributed by atoms with Gasteiger partial charge in [-0.15, -0.1) is 11.3 Å². The number of rotatable bonds is 10. The van der Waals surface area contributed by atoms with Gasteiger partial charge in [-0.3, -0.25) is 9.59 Å². The fourth-order valence-corrected chi connectivity index (χ4v) is 5.02. The highest BCUT2D eigenvalue weighted by Gasteiger charge is 2.94. The van der Waals surface area contributed by atoms with Crippen LogP contribution in [0.25, 0.3) is 0 Å². The monoisotopic (exact) mass is 652 g/mol. The second-order valence-corrected chi connectivity index (χ2v) is 9.92. The number of amides is 2. The van der Waals surface area contributed by atoms with E-state index >= 15 is 0 Å². The second kappa shape index (κ2) is 10.7. The highest BCUT2D eigenvalue weighted by Crippen LogP contribution is 2.62. The Bertz CT molecular complexity index is 1160. The van der Waals surface area contributed by atoms with E-state index in [0.29, 0.717) is 25.7 Å². The average Bonchev–Trinajstić information content (AvgIpc) is 3.13. The van der Waals surface area contributed by atoms with E-state index in [1.165, 1.54) is 0 Å². The SMILES string of the molecule is NC(=O)c1c(NC(=O)C(F)(F)C(F)(F)C(F)(F)C(F)(F)C(F)(F)C(F)(F)C(F)(F)C(F)F)sc2c1CCCCCC2. The summed E-state index contributed by atoms with van der Waals surface area (Å²) in [5.74, 6) is -61.8. The predicted molar refractivity (Wildman–Crippen MR) is 108 cm³/mol. The maximum Gasteiger partial charge on any atom is 0.393 e. The molecule has 0 fully saturated rings. The lowest BCUT2D eigenvalue weighted by molar-refractivity contribution is -0.443. The number of carbonyl (C=O) groups excluding carboxylic acids is 2. The number of anilines is 1. The third-order valence-electron chi connectivity index (χ3n) is 6.09. The molecular weight excluding hydrogens is 636 g/mol. The molecule has 4 nitrogen and oxygen atoms in total. The predicted octanol–water partition coefficient (Wildman–Crippen LogP) is 7.16. The van der Waals surface area contributed by atoms with E-state index in [4.69, 9.17) is 5.73 Å². The van der Waals surface area contributed by atoms with Crippen molar-refractivity contribution < 1.29 is 79.8 Å². The maximum atomic E-state index is 14.3. The summed E-state index contributed by atoms with van der Waals surface area (Å²) >= 11 is 0.274. The lowest BCUT2D eigenvalue weighted by Crippen LogP contribution is -2.74. The van der Waals surface area contributed by atoms with Crippen LogP contribution in [0.5, 0.6) is 0 Å². The van der Waals surface area contributed by atoms with Crippen LogP contribution < -0.4 is 11.1 Å². The molecule has 1 heterocycles. The minimum Gasteiger partial charge on any atom is -0.365 e. The summed E-state index contributed by atoms with van der Waals surface area (Å²) in [6.45, 7) is 0. The van der Waals surface area contributed by atoms with E-state index in [-0.39, 0.29) is 34.6 Å². The first-order chi connectivity index (χ1) is 18.2. The fraction of sp³-hybridized carbons (Fsp3) is 0.700. The summed E-state index contributed by atoms with van der Waals surface area (Å²) in [4.78, 5) is 24.0. The first-order valence-electron chi connectivity index (χ1n) is 10.9. The van der Waals surface area contributed by atoms with Crippen LogP contribution in [0.2, 0.25) is 0 Å². The van der Waals surface area contributed by atoms with Crippen LogP contribution in [0.3, 0.4) is 0 Å². The highest BCUT2D eigenvalue weighted by atomic mass is 32.1. The van der Waals surface area contributed by atoms with Crippen LogP contribution in [-0.4, -0.2) is 59.7 Å². The van der Waals surface area contributed by atoms with Crippen molar-refractivity contribution in [1.29, 1.82) is 0 Å². The van der Waals surface area contributed by atoms with E-state index in [0.717, 1.165) is 5.32 Å². The Hall–Kier alpha value is -2.48. The van der Waals surface area contributed by atoms with Crippen molar-refractivity contribution in [2.75, 3.05) is 5.32 Å². The Labute approximate surface area is 222 Å². The van der Waals surface area contributed by atoms with Crippen LogP contribution in [0.1, 0.15) is 46.5 Å². The summed E-state index contributed by atoms with van der Waals surface area (Å²) < 4.78 is 217. The van der Waals surface area contributed by atoms with Crippen molar-refractivity contribution in [3.8, 4) is 0 Å². The van der Waals surface area contributed by atoms with Gasteiger partial charge in [0.25, 0.3) is 5.91 Å². The fourth-order valence-electron chi connectivity index (χ4n) is 3.73. The van der Waals surface area contributed by atoms with E-state index in [1.54, 1.807) is 0 Å². The third-order valence-corrected chi connectivity index (χ3v) is 7.30. The number of alkyl halides is 16. The highest BCUT2D eigenvalue weighted by molar-refractivity contribution is 7.17. The molecule has 2 amide bonds. The zero-order chi connectivity index (χ0) is 32.2. The minimum absolute atomic E-state index is 0.0311. The number of thiophene rings is 1. The molecule has 0 aliphatic heterocycles. The van der Waals surface area contributed by atoms with E-state index < -0.39 is 70.3 Å². The lowest BCUT2D eigenvalue weighted by Gasteiger charge is -2.42. The van der Waals surface area contributed by atoms with E-state index in [9.17, 15) is 79.8 Å². The van der Waals surface area contributed by atoms with Gasteiger partial charge in [-0.1, -0.05) is 12.8 Å². The van der Waals surface area contributed by atoms with Crippen LogP contribution in [0.4, 0.5) is 75.2 Å². The quantitative estimate of drug-likeness (QED) is 0.264. The van der Waals surface area contributed by atoms with Crippen LogP contribution in [0.15, 0.2) is 0 Å². The normalized spacial score (nSPS) is 16.7. The molecule has 0 unspecified atom stereocenters. The Morgan fingerprint density at radius 2 is 1.12 bits per heavy atom. The molecule has 0 spiro atoms. The largest absolute Gasteiger partial charge is 0.393 e. The van der Waals surface area contributed by atoms with Crippen LogP contribution in [-0.2, 0) is 17.6 Å². The molecule has 3 N–H and O–H groups in total. The Kier molecular flexibility index (Phi) is 9.03. The molecule has 41 heavy (non-hydrogen) atoms. The number of nitrogens with two attached hydrogens (primary N) is 1. The Morgan fingerprint density at radius 3 is 1.59 bits per heavy atom. The van der Waals surface area contributed by atoms with Crippen molar-refractivity contribution in [3.05, 3.63) is 16.0 Å². The van der Waals surface area contributed by atoms with Gasteiger partial charge in [0.2, 0.25) is 0 Å². The van der Waals surface area contributed by atoms with Gasteiger partial charge >= 0.3 is 53.8 Å². The van der Waals surface area contributed by atoms with Gasteiger partial charge in [0.15, 0.2) is 0 Å². The van der Waals surface area contributed by atoms with Crippen molar-refractivity contribution in [1.82, 2.24) is 0 Å². The van der Waals surface area contributed by atoms with Crippen molar-refractivity contribution in [3.63, 3.8) is 0 Å². The second-order valence-electron chi connectivity index (χ2n) is 8.81. The molecule has 0 saturated heterocycles. The average molecular weight is 652 g/mol. The smallest absolute Gasteiger partial charge is 0.365 e.